The van der Waals surface area contributed by atoms with E-state index >= 15 is 0 Å². The van der Waals surface area contributed by atoms with Crippen molar-refractivity contribution in [2.45, 2.75) is 19.8 Å². The molecule has 0 aliphatic rings. The predicted molar refractivity (Wildman–Crippen MR) is 102 cm³/mol. The molecule has 0 radical (unpaired) electrons. The average Bonchev–Trinajstić information content (AvgIpc) is 3.24. The minimum atomic E-state index is 0.141. The number of rotatable bonds is 4. The summed E-state index contributed by atoms with van der Waals surface area (Å²) in [5.74, 6) is 0.797. The quantitative estimate of drug-likeness (QED) is 0.491. The second-order valence-corrected chi connectivity index (χ2v) is 7.14. The van der Waals surface area contributed by atoms with Gasteiger partial charge < -0.3 is 0 Å². The lowest BCUT2D eigenvalue weighted by atomic mass is 10.0. The van der Waals surface area contributed by atoms with Gasteiger partial charge in [0.25, 0.3) is 0 Å². The molecule has 7 nitrogen and oxygen atoms in total. The van der Waals surface area contributed by atoms with Gasteiger partial charge in [-0.25, -0.2) is 9.97 Å². The molecule has 8 heteroatoms. The minimum absolute atomic E-state index is 0.141. The van der Waals surface area contributed by atoms with Gasteiger partial charge in [0.1, 0.15) is 10.4 Å². The van der Waals surface area contributed by atoms with Crippen LogP contribution >= 0.6 is 11.3 Å². The Labute approximate surface area is 153 Å². The molecule has 26 heavy (non-hydrogen) atoms. The Morgan fingerprint density at radius 1 is 1.19 bits per heavy atom. The van der Waals surface area contributed by atoms with Crippen LogP contribution in [0.25, 0.3) is 32.9 Å². The Balaban J connectivity index is 2.00. The first-order valence-corrected chi connectivity index (χ1v) is 9.04. The summed E-state index contributed by atoms with van der Waals surface area (Å²) in [5.41, 5.74) is 4.25. The van der Waals surface area contributed by atoms with Gasteiger partial charge in [-0.1, -0.05) is 19.9 Å². The van der Waals surface area contributed by atoms with Gasteiger partial charge in [0.2, 0.25) is 5.82 Å². The fraction of sp³-hybridized carbons (Fsp3) is 0.222. The van der Waals surface area contributed by atoms with Gasteiger partial charge in [-0.3, -0.25) is 9.67 Å². The lowest BCUT2D eigenvalue weighted by molar-refractivity contribution is 0.713. The SMILES string of the molecule is CC(C)c1nn(C)cc1-c1csc2c(N=O)nc(-c3ccccn3)nc12. The molecule has 130 valence electrons. The molecule has 0 saturated heterocycles. The van der Waals surface area contributed by atoms with Crippen molar-refractivity contribution < 1.29 is 0 Å². The van der Waals surface area contributed by atoms with Gasteiger partial charge in [-0.15, -0.1) is 16.2 Å². The van der Waals surface area contributed by atoms with Crippen LogP contribution in [0.2, 0.25) is 0 Å². The van der Waals surface area contributed by atoms with Crippen molar-refractivity contribution in [1.29, 1.82) is 0 Å². The molecule has 0 aliphatic heterocycles. The molecule has 0 amide bonds. The fourth-order valence-electron chi connectivity index (χ4n) is 2.91. The Morgan fingerprint density at radius 3 is 2.73 bits per heavy atom. The summed E-state index contributed by atoms with van der Waals surface area (Å²) in [6.45, 7) is 4.21. The smallest absolute Gasteiger partial charge is 0.218 e. The van der Waals surface area contributed by atoms with E-state index in [-0.39, 0.29) is 11.7 Å². The zero-order valence-electron chi connectivity index (χ0n) is 14.5. The lowest BCUT2D eigenvalue weighted by Crippen LogP contribution is -1.94. The van der Waals surface area contributed by atoms with E-state index in [0.717, 1.165) is 16.8 Å². The number of hydrogen-bond donors (Lipinski definition) is 0. The van der Waals surface area contributed by atoms with E-state index in [2.05, 4.69) is 34.1 Å². The van der Waals surface area contributed by atoms with Crippen molar-refractivity contribution >= 4 is 27.4 Å². The van der Waals surface area contributed by atoms with E-state index < -0.39 is 0 Å². The lowest BCUT2D eigenvalue weighted by Gasteiger charge is -2.05. The Hall–Kier alpha value is -3.00. The number of hydrogen-bond acceptors (Lipinski definition) is 7. The molecule has 4 rings (SSSR count). The average molecular weight is 364 g/mol. The van der Waals surface area contributed by atoms with Crippen LogP contribution in [0.3, 0.4) is 0 Å². The molecule has 0 N–H and O–H groups in total. The highest BCUT2D eigenvalue weighted by Gasteiger charge is 2.21. The first kappa shape index (κ1) is 16.5. The predicted octanol–water partition coefficient (Wildman–Crippen LogP) is 4.68. The van der Waals surface area contributed by atoms with Crippen molar-refractivity contribution in [3.8, 4) is 22.6 Å². The normalized spacial score (nSPS) is 11.4. The molecular weight excluding hydrogens is 348 g/mol. The first-order chi connectivity index (χ1) is 12.6. The van der Waals surface area contributed by atoms with Crippen molar-refractivity contribution in [3.63, 3.8) is 0 Å². The summed E-state index contributed by atoms with van der Waals surface area (Å²) in [6, 6.07) is 5.49. The first-order valence-electron chi connectivity index (χ1n) is 8.16. The maximum atomic E-state index is 11.4. The van der Waals surface area contributed by atoms with Crippen LogP contribution in [-0.4, -0.2) is 24.7 Å². The van der Waals surface area contributed by atoms with Gasteiger partial charge in [-0.2, -0.15) is 5.10 Å². The minimum Gasteiger partial charge on any atom is -0.275 e. The molecule has 0 bridgehead atoms. The monoisotopic (exact) mass is 364 g/mol. The third-order valence-corrected chi connectivity index (χ3v) is 5.04. The number of aromatic nitrogens is 5. The second kappa shape index (κ2) is 6.38. The summed E-state index contributed by atoms with van der Waals surface area (Å²) in [6.07, 6.45) is 3.65. The van der Waals surface area contributed by atoms with Crippen molar-refractivity contribution in [3.05, 3.63) is 46.6 Å². The van der Waals surface area contributed by atoms with E-state index in [1.807, 2.05) is 36.8 Å². The van der Waals surface area contributed by atoms with Gasteiger partial charge in [0.05, 0.1) is 11.2 Å². The van der Waals surface area contributed by atoms with Gasteiger partial charge in [-0.05, 0) is 23.2 Å². The number of pyridine rings is 1. The summed E-state index contributed by atoms with van der Waals surface area (Å²) in [4.78, 5) is 24.6. The van der Waals surface area contributed by atoms with E-state index in [0.29, 0.717) is 21.7 Å². The van der Waals surface area contributed by atoms with Crippen LogP contribution < -0.4 is 0 Å². The van der Waals surface area contributed by atoms with E-state index in [1.165, 1.54) is 11.3 Å². The Bertz CT molecular complexity index is 1100. The van der Waals surface area contributed by atoms with Crippen LogP contribution in [0, 0.1) is 4.91 Å². The highest BCUT2D eigenvalue weighted by molar-refractivity contribution is 7.18. The molecule has 0 saturated carbocycles. The van der Waals surface area contributed by atoms with Gasteiger partial charge in [0.15, 0.2) is 5.82 Å². The van der Waals surface area contributed by atoms with E-state index in [1.54, 1.807) is 10.9 Å². The highest BCUT2D eigenvalue weighted by atomic mass is 32.1. The van der Waals surface area contributed by atoms with Crippen LogP contribution in [0.4, 0.5) is 5.82 Å². The Kier molecular flexibility index (Phi) is 4.04. The van der Waals surface area contributed by atoms with Crippen molar-refractivity contribution in [1.82, 2.24) is 24.7 Å². The third kappa shape index (κ3) is 2.68. The van der Waals surface area contributed by atoms with Crippen LogP contribution in [-0.2, 0) is 7.05 Å². The van der Waals surface area contributed by atoms with Crippen LogP contribution in [0.5, 0.6) is 0 Å². The zero-order valence-corrected chi connectivity index (χ0v) is 15.4. The molecule has 4 aromatic heterocycles. The molecule has 4 heterocycles. The molecular formula is C18H16N6OS. The molecule has 0 atom stereocenters. The molecule has 0 unspecified atom stereocenters. The van der Waals surface area contributed by atoms with Crippen molar-refractivity contribution in [2.24, 2.45) is 12.2 Å². The molecule has 0 spiro atoms. The van der Waals surface area contributed by atoms with Crippen molar-refractivity contribution in [2.75, 3.05) is 0 Å². The largest absolute Gasteiger partial charge is 0.275 e. The zero-order chi connectivity index (χ0) is 18.3. The Morgan fingerprint density at radius 2 is 2.04 bits per heavy atom. The number of fused-ring (bicyclic) bond motifs is 1. The molecule has 0 aromatic carbocycles. The third-order valence-electron chi connectivity index (χ3n) is 4.07. The van der Waals surface area contributed by atoms with Gasteiger partial charge in [0, 0.05) is 35.9 Å². The summed E-state index contributed by atoms with van der Waals surface area (Å²) < 4.78 is 2.47. The number of aryl methyl sites for hydroxylation is 1. The van der Waals surface area contributed by atoms with E-state index in [9.17, 15) is 4.91 Å². The molecule has 0 fully saturated rings. The number of nitrogens with zero attached hydrogens (tertiary/aromatic N) is 6. The van der Waals surface area contributed by atoms with Crippen LogP contribution in [0.15, 0.2) is 41.1 Å². The fourth-order valence-corrected chi connectivity index (χ4v) is 3.84. The number of thiophene rings is 1. The summed E-state index contributed by atoms with van der Waals surface area (Å²) in [5, 5.41) is 9.68. The topological polar surface area (TPSA) is 85.9 Å². The van der Waals surface area contributed by atoms with Gasteiger partial charge >= 0.3 is 0 Å². The van der Waals surface area contributed by atoms with E-state index in [4.69, 9.17) is 4.98 Å². The highest BCUT2D eigenvalue weighted by Crippen LogP contribution is 2.40. The summed E-state index contributed by atoms with van der Waals surface area (Å²) >= 11 is 1.42. The number of nitroso groups, excluding NO2 is 1. The van der Waals surface area contributed by atoms with Crippen LogP contribution in [0.1, 0.15) is 25.5 Å². The molecule has 4 aromatic rings. The summed E-state index contributed by atoms with van der Waals surface area (Å²) in [7, 11) is 1.90. The maximum absolute atomic E-state index is 11.4. The standard InChI is InChI=1S/C18H16N6OS/c1-10(2)14-11(8-24(3)22-14)12-9-26-16-15(12)20-17(21-18(16)23-25)13-6-4-5-7-19-13/h4-10H,1-3H3. The maximum Gasteiger partial charge on any atom is 0.218 e. The second-order valence-electron chi connectivity index (χ2n) is 6.26. The molecule has 0 aliphatic carbocycles.